The third-order valence-electron chi connectivity index (χ3n) is 3.00. The summed E-state index contributed by atoms with van der Waals surface area (Å²) >= 11 is 0. The highest BCUT2D eigenvalue weighted by Crippen LogP contribution is 2.17. The summed E-state index contributed by atoms with van der Waals surface area (Å²) in [6.45, 7) is 4.44. The summed E-state index contributed by atoms with van der Waals surface area (Å²) in [5.74, 6) is 1.58. The van der Waals surface area contributed by atoms with Gasteiger partial charge in [-0.3, -0.25) is 0 Å². The number of methoxy groups -OCH3 is 1. The molecule has 17 heavy (non-hydrogen) atoms. The normalized spacial score (nSPS) is 19.7. The van der Waals surface area contributed by atoms with Gasteiger partial charge in [0, 0.05) is 51.7 Å². The van der Waals surface area contributed by atoms with Crippen molar-refractivity contribution in [2.24, 2.45) is 5.92 Å². The molecule has 1 aliphatic heterocycles. The number of hydrogen-bond acceptors (Lipinski definition) is 4. The van der Waals surface area contributed by atoms with Crippen molar-refractivity contribution in [2.45, 2.75) is 19.4 Å². The van der Waals surface area contributed by atoms with Gasteiger partial charge < -0.3 is 19.4 Å². The molecule has 0 spiro atoms. The average Bonchev–Trinajstić information content (AvgIpc) is 2.97. The molecule has 0 amide bonds. The Morgan fingerprint density at radius 3 is 3.35 bits per heavy atom. The summed E-state index contributed by atoms with van der Waals surface area (Å²) in [5, 5.41) is 3.33. The van der Waals surface area contributed by atoms with Crippen LogP contribution in [0.15, 0.2) is 12.4 Å². The Kier molecular flexibility index (Phi) is 4.82. The van der Waals surface area contributed by atoms with Crippen molar-refractivity contribution in [3.63, 3.8) is 0 Å². The molecule has 0 saturated carbocycles. The van der Waals surface area contributed by atoms with Crippen LogP contribution in [0.1, 0.15) is 12.8 Å². The molecule has 1 unspecified atom stereocenters. The van der Waals surface area contributed by atoms with Crippen molar-refractivity contribution in [3.8, 4) is 0 Å². The fraction of sp³-hybridized carbons (Fsp3) is 0.750. The van der Waals surface area contributed by atoms with Gasteiger partial charge >= 0.3 is 0 Å². The Labute approximate surface area is 102 Å². The van der Waals surface area contributed by atoms with Gasteiger partial charge in [-0.15, -0.1) is 0 Å². The van der Waals surface area contributed by atoms with E-state index in [0.29, 0.717) is 5.92 Å². The van der Waals surface area contributed by atoms with Crippen molar-refractivity contribution in [1.29, 1.82) is 0 Å². The van der Waals surface area contributed by atoms with Crippen LogP contribution in [0.3, 0.4) is 0 Å². The van der Waals surface area contributed by atoms with Crippen molar-refractivity contribution in [1.82, 2.24) is 9.55 Å². The van der Waals surface area contributed by atoms with Crippen molar-refractivity contribution in [3.05, 3.63) is 12.4 Å². The lowest BCUT2D eigenvalue weighted by Gasteiger charge is -2.12. The maximum atomic E-state index is 5.39. The van der Waals surface area contributed by atoms with Crippen molar-refractivity contribution < 1.29 is 9.47 Å². The maximum absolute atomic E-state index is 5.39. The summed E-state index contributed by atoms with van der Waals surface area (Å²) < 4.78 is 12.6. The number of anilines is 1. The smallest absolute Gasteiger partial charge is 0.202 e. The van der Waals surface area contributed by atoms with E-state index in [2.05, 4.69) is 14.9 Å². The first-order valence-corrected chi connectivity index (χ1v) is 6.22. The molecule has 0 aromatic carbocycles. The van der Waals surface area contributed by atoms with Crippen molar-refractivity contribution >= 4 is 5.95 Å². The predicted octanol–water partition coefficient (Wildman–Crippen LogP) is 1.37. The molecule has 1 aliphatic rings. The lowest BCUT2D eigenvalue weighted by molar-refractivity contribution is 0.182. The molecule has 0 aliphatic carbocycles. The van der Waals surface area contributed by atoms with Gasteiger partial charge in [0.1, 0.15) is 0 Å². The number of hydrogen-bond donors (Lipinski definition) is 1. The third kappa shape index (κ3) is 3.71. The zero-order valence-electron chi connectivity index (χ0n) is 10.4. The topological polar surface area (TPSA) is 48.3 Å². The minimum absolute atomic E-state index is 0.628. The molecule has 1 aromatic rings. The minimum Gasteiger partial charge on any atom is -0.385 e. The molecule has 1 fully saturated rings. The average molecular weight is 239 g/mol. The SMILES string of the molecule is COCCCNc1nccn1CC1CCOC1. The lowest BCUT2D eigenvalue weighted by atomic mass is 10.1. The van der Waals surface area contributed by atoms with E-state index < -0.39 is 0 Å². The van der Waals surface area contributed by atoms with Crippen LogP contribution < -0.4 is 5.32 Å². The Balaban J connectivity index is 1.79. The van der Waals surface area contributed by atoms with Crippen LogP contribution in [-0.2, 0) is 16.0 Å². The van der Waals surface area contributed by atoms with Crippen molar-refractivity contribution in [2.75, 3.05) is 38.8 Å². The van der Waals surface area contributed by atoms with Gasteiger partial charge in [-0.25, -0.2) is 4.98 Å². The van der Waals surface area contributed by atoms with Crippen LogP contribution in [0, 0.1) is 5.92 Å². The van der Waals surface area contributed by atoms with Crippen LogP contribution in [0.4, 0.5) is 5.95 Å². The zero-order chi connectivity index (χ0) is 11.9. The first kappa shape index (κ1) is 12.4. The molecule has 0 radical (unpaired) electrons. The largest absolute Gasteiger partial charge is 0.385 e. The fourth-order valence-corrected chi connectivity index (χ4v) is 2.05. The second kappa shape index (κ2) is 6.61. The molecule has 5 heteroatoms. The van der Waals surface area contributed by atoms with E-state index in [-0.39, 0.29) is 0 Å². The molecule has 5 nitrogen and oxygen atoms in total. The van der Waals surface area contributed by atoms with Gasteiger partial charge in [0.05, 0.1) is 6.61 Å². The number of aromatic nitrogens is 2. The number of nitrogens with one attached hydrogen (secondary N) is 1. The van der Waals surface area contributed by atoms with Crippen LogP contribution >= 0.6 is 0 Å². The highest BCUT2D eigenvalue weighted by Gasteiger charge is 2.17. The zero-order valence-corrected chi connectivity index (χ0v) is 10.4. The summed E-state index contributed by atoms with van der Waals surface area (Å²) in [7, 11) is 1.72. The molecule has 1 atom stereocenters. The van der Waals surface area contributed by atoms with Gasteiger partial charge in [-0.05, 0) is 12.8 Å². The first-order chi connectivity index (χ1) is 8.40. The van der Waals surface area contributed by atoms with E-state index in [9.17, 15) is 0 Å². The predicted molar refractivity (Wildman–Crippen MR) is 66.1 cm³/mol. The van der Waals surface area contributed by atoms with Crippen LogP contribution in [-0.4, -0.2) is 43.0 Å². The van der Waals surface area contributed by atoms with E-state index >= 15 is 0 Å². The molecule has 2 rings (SSSR count). The molecule has 96 valence electrons. The first-order valence-electron chi connectivity index (χ1n) is 6.22. The Hall–Kier alpha value is -1.07. The molecule has 1 aromatic heterocycles. The quantitative estimate of drug-likeness (QED) is 0.730. The van der Waals surface area contributed by atoms with Gasteiger partial charge in [-0.2, -0.15) is 0 Å². The second-order valence-corrected chi connectivity index (χ2v) is 4.41. The second-order valence-electron chi connectivity index (χ2n) is 4.41. The molecule has 0 bridgehead atoms. The highest BCUT2D eigenvalue weighted by molar-refractivity contribution is 5.25. The summed E-state index contributed by atoms with van der Waals surface area (Å²) in [5.41, 5.74) is 0. The summed E-state index contributed by atoms with van der Waals surface area (Å²) in [4.78, 5) is 4.33. The van der Waals surface area contributed by atoms with E-state index in [1.165, 1.54) is 0 Å². The summed E-state index contributed by atoms with van der Waals surface area (Å²) in [6.07, 6.45) is 6.02. The van der Waals surface area contributed by atoms with E-state index in [1.807, 2.05) is 12.4 Å². The molecular formula is C12H21N3O2. The van der Waals surface area contributed by atoms with E-state index in [4.69, 9.17) is 9.47 Å². The third-order valence-corrected chi connectivity index (χ3v) is 3.00. The highest BCUT2D eigenvalue weighted by atomic mass is 16.5. The fourth-order valence-electron chi connectivity index (χ4n) is 2.05. The Morgan fingerprint density at radius 1 is 1.65 bits per heavy atom. The van der Waals surface area contributed by atoms with Gasteiger partial charge in [0.25, 0.3) is 0 Å². The Bertz CT molecular complexity index is 321. The molecular weight excluding hydrogens is 218 g/mol. The monoisotopic (exact) mass is 239 g/mol. The lowest BCUT2D eigenvalue weighted by Crippen LogP contribution is -2.14. The number of rotatable bonds is 7. The molecule has 1 N–H and O–H groups in total. The van der Waals surface area contributed by atoms with E-state index in [1.54, 1.807) is 7.11 Å². The number of imidazole rings is 1. The number of nitrogens with zero attached hydrogens (tertiary/aromatic N) is 2. The minimum atomic E-state index is 0.628. The van der Waals surface area contributed by atoms with Crippen LogP contribution in [0.5, 0.6) is 0 Å². The van der Waals surface area contributed by atoms with Crippen LogP contribution in [0.25, 0.3) is 0 Å². The van der Waals surface area contributed by atoms with Crippen LogP contribution in [0.2, 0.25) is 0 Å². The number of ether oxygens (including phenoxy) is 2. The maximum Gasteiger partial charge on any atom is 0.202 e. The van der Waals surface area contributed by atoms with Gasteiger partial charge in [0.15, 0.2) is 0 Å². The van der Waals surface area contributed by atoms with Gasteiger partial charge in [-0.1, -0.05) is 0 Å². The van der Waals surface area contributed by atoms with Gasteiger partial charge in [0.2, 0.25) is 5.95 Å². The molecule has 2 heterocycles. The summed E-state index contributed by atoms with van der Waals surface area (Å²) in [6, 6.07) is 0. The molecule has 1 saturated heterocycles. The standard InChI is InChI=1S/C12H21N3O2/c1-16-7-2-4-13-12-14-5-6-15(12)9-11-3-8-17-10-11/h5-6,11H,2-4,7-10H2,1H3,(H,13,14). The van der Waals surface area contributed by atoms with E-state index in [0.717, 1.165) is 51.7 Å². The Morgan fingerprint density at radius 2 is 2.59 bits per heavy atom.